The molecule has 0 atom stereocenters. The average Bonchev–Trinajstić information content (AvgIpc) is 2.73. The molecule has 6 heteroatoms. The second-order valence-corrected chi connectivity index (χ2v) is 8.20. The third-order valence-corrected chi connectivity index (χ3v) is 6.22. The molecule has 3 aromatic carbocycles. The summed E-state index contributed by atoms with van der Waals surface area (Å²) in [7, 11) is -2.30. The number of anilines is 1. The SMILES string of the molecule is COc1ccc(S(=O)(=O)N(Cc2ccccc2)c2ccc(C=O)cc2C)cc1. The molecular formula is C22H21NO4S. The molecule has 0 aliphatic heterocycles. The number of ether oxygens (including phenoxy) is 1. The quantitative estimate of drug-likeness (QED) is 0.562. The number of rotatable bonds is 7. The molecule has 5 nitrogen and oxygen atoms in total. The molecule has 0 amide bonds. The fourth-order valence-corrected chi connectivity index (χ4v) is 4.47. The lowest BCUT2D eigenvalue weighted by Gasteiger charge is -2.26. The van der Waals surface area contributed by atoms with Crippen LogP contribution in [0.1, 0.15) is 21.5 Å². The monoisotopic (exact) mass is 395 g/mol. The summed E-state index contributed by atoms with van der Waals surface area (Å²) in [5.74, 6) is 0.583. The van der Waals surface area contributed by atoms with Crippen molar-refractivity contribution in [2.75, 3.05) is 11.4 Å². The first-order valence-electron chi connectivity index (χ1n) is 8.72. The highest BCUT2D eigenvalue weighted by molar-refractivity contribution is 7.92. The van der Waals surface area contributed by atoms with E-state index in [1.54, 1.807) is 37.3 Å². The fraction of sp³-hybridized carbons (Fsp3) is 0.136. The van der Waals surface area contributed by atoms with E-state index in [1.165, 1.54) is 23.5 Å². The Bertz CT molecular complexity index is 1060. The Balaban J connectivity index is 2.10. The van der Waals surface area contributed by atoms with Crippen LogP contribution >= 0.6 is 0 Å². The van der Waals surface area contributed by atoms with Gasteiger partial charge >= 0.3 is 0 Å². The predicted molar refractivity (Wildman–Crippen MR) is 109 cm³/mol. The Morgan fingerprint density at radius 3 is 2.21 bits per heavy atom. The fourth-order valence-electron chi connectivity index (χ4n) is 2.96. The molecule has 0 N–H and O–H groups in total. The van der Waals surface area contributed by atoms with Gasteiger partial charge in [-0.25, -0.2) is 8.42 Å². The van der Waals surface area contributed by atoms with Crippen molar-refractivity contribution in [3.05, 3.63) is 89.5 Å². The second kappa shape index (κ2) is 8.27. The summed E-state index contributed by atoms with van der Waals surface area (Å²) < 4.78 is 33.4. The van der Waals surface area contributed by atoms with E-state index in [1.807, 2.05) is 30.3 Å². The minimum Gasteiger partial charge on any atom is -0.497 e. The lowest BCUT2D eigenvalue weighted by Crippen LogP contribution is -2.31. The van der Waals surface area contributed by atoms with Crippen molar-refractivity contribution in [1.29, 1.82) is 0 Å². The van der Waals surface area contributed by atoms with E-state index in [0.717, 1.165) is 11.8 Å². The highest BCUT2D eigenvalue weighted by Gasteiger charge is 2.26. The van der Waals surface area contributed by atoms with E-state index in [-0.39, 0.29) is 11.4 Å². The Morgan fingerprint density at radius 1 is 0.964 bits per heavy atom. The summed E-state index contributed by atoms with van der Waals surface area (Å²) in [6.45, 7) is 1.97. The van der Waals surface area contributed by atoms with Gasteiger partial charge in [0.05, 0.1) is 24.2 Å². The van der Waals surface area contributed by atoms with Crippen molar-refractivity contribution in [3.63, 3.8) is 0 Å². The third-order valence-electron chi connectivity index (χ3n) is 4.44. The van der Waals surface area contributed by atoms with Crippen molar-refractivity contribution in [2.24, 2.45) is 0 Å². The van der Waals surface area contributed by atoms with E-state index in [4.69, 9.17) is 4.74 Å². The molecule has 0 heterocycles. The summed E-state index contributed by atoms with van der Waals surface area (Å²) in [6.07, 6.45) is 0.746. The maximum absolute atomic E-state index is 13.5. The molecule has 0 radical (unpaired) electrons. The van der Waals surface area contributed by atoms with Crippen LogP contribution in [0.3, 0.4) is 0 Å². The zero-order chi connectivity index (χ0) is 20.1. The number of nitrogens with zero attached hydrogens (tertiary/aromatic N) is 1. The zero-order valence-corrected chi connectivity index (χ0v) is 16.5. The smallest absolute Gasteiger partial charge is 0.264 e. The van der Waals surface area contributed by atoms with Crippen molar-refractivity contribution in [3.8, 4) is 5.75 Å². The number of aldehydes is 1. The lowest BCUT2D eigenvalue weighted by atomic mass is 10.1. The molecule has 3 aromatic rings. The van der Waals surface area contributed by atoms with E-state index < -0.39 is 10.0 Å². The minimum absolute atomic E-state index is 0.170. The Kier molecular flexibility index (Phi) is 5.80. The van der Waals surface area contributed by atoms with Crippen molar-refractivity contribution in [1.82, 2.24) is 0 Å². The van der Waals surface area contributed by atoms with Gasteiger partial charge in [-0.05, 0) is 60.5 Å². The van der Waals surface area contributed by atoms with E-state index in [0.29, 0.717) is 22.6 Å². The number of carbonyl (C=O) groups excluding carboxylic acids is 1. The molecule has 0 aliphatic rings. The summed E-state index contributed by atoms with van der Waals surface area (Å²) >= 11 is 0. The van der Waals surface area contributed by atoms with Crippen LogP contribution in [0.15, 0.2) is 77.7 Å². The van der Waals surface area contributed by atoms with Crippen LogP contribution in [0.2, 0.25) is 0 Å². The molecule has 0 aromatic heterocycles. The number of sulfonamides is 1. The van der Waals surface area contributed by atoms with Gasteiger partial charge in [0.2, 0.25) is 0 Å². The van der Waals surface area contributed by atoms with Gasteiger partial charge in [-0.1, -0.05) is 30.3 Å². The van der Waals surface area contributed by atoms with Gasteiger partial charge < -0.3 is 4.74 Å². The minimum atomic E-state index is -3.83. The predicted octanol–water partition coefficient (Wildman–Crippen LogP) is 4.21. The van der Waals surface area contributed by atoms with Gasteiger partial charge in [-0.2, -0.15) is 0 Å². The molecule has 0 spiro atoms. The van der Waals surface area contributed by atoms with Crippen LogP contribution in [0.25, 0.3) is 0 Å². The summed E-state index contributed by atoms with van der Waals surface area (Å²) in [6, 6.07) is 20.7. The largest absolute Gasteiger partial charge is 0.497 e. The summed E-state index contributed by atoms with van der Waals surface area (Å²) in [5.41, 5.74) is 2.60. The highest BCUT2D eigenvalue weighted by Crippen LogP contribution is 2.30. The van der Waals surface area contributed by atoms with Gasteiger partial charge in [0.1, 0.15) is 12.0 Å². The van der Waals surface area contributed by atoms with Crippen molar-refractivity contribution in [2.45, 2.75) is 18.4 Å². The highest BCUT2D eigenvalue weighted by atomic mass is 32.2. The van der Waals surface area contributed by atoms with Crippen LogP contribution in [0.4, 0.5) is 5.69 Å². The molecule has 0 saturated heterocycles. The Labute approximate surface area is 165 Å². The first kappa shape index (κ1) is 19.6. The van der Waals surface area contributed by atoms with E-state index in [2.05, 4.69) is 0 Å². The van der Waals surface area contributed by atoms with Crippen LogP contribution in [0.5, 0.6) is 5.75 Å². The molecule has 28 heavy (non-hydrogen) atoms. The molecule has 0 saturated carbocycles. The van der Waals surface area contributed by atoms with Crippen LogP contribution < -0.4 is 9.04 Å². The van der Waals surface area contributed by atoms with Crippen LogP contribution in [-0.4, -0.2) is 21.8 Å². The molecule has 0 aliphatic carbocycles. The first-order valence-corrected chi connectivity index (χ1v) is 10.2. The number of hydrogen-bond acceptors (Lipinski definition) is 4. The maximum Gasteiger partial charge on any atom is 0.264 e. The van der Waals surface area contributed by atoms with Gasteiger partial charge in [-0.15, -0.1) is 0 Å². The van der Waals surface area contributed by atoms with Gasteiger partial charge in [0.25, 0.3) is 10.0 Å². The first-order chi connectivity index (χ1) is 13.5. The lowest BCUT2D eigenvalue weighted by molar-refractivity contribution is 0.112. The number of carbonyl (C=O) groups is 1. The molecule has 3 rings (SSSR count). The molecule has 144 valence electrons. The molecule has 0 fully saturated rings. The van der Waals surface area contributed by atoms with Crippen molar-refractivity contribution < 1.29 is 17.9 Å². The topological polar surface area (TPSA) is 63.7 Å². The zero-order valence-electron chi connectivity index (χ0n) is 15.7. The average molecular weight is 395 g/mol. The maximum atomic E-state index is 13.5. The Morgan fingerprint density at radius 2 is 1.64 bits per heavy atom. The third kappa shape index (κ3) is 4.07. The second-order valence-electron chi connectivity index (χ2n) is 6.34. The van der Waals surface area contributed by atoms with Crippen LogP contribution in [-0.2, 0) is 16.6 Å². The van der Waals surface area contributed by atoms with Crippen molar-refractivity contribution >= 4 is 22.0 Å². The standard InChI is InChI=1S/C22H21NO4S/c1-17-14-19(16-24)8-13-22(17)23(15-18-6-4-3-5-7-18)28(25,26)21-11-9-20(27-2)10-12-21/h3-14,16H,15H2,1-2H3. The van der Waals surface area contributed by atoms with Gasteiger partial charge in [0.15, 0.2) is 0 Å². The number of methoxy groups -OCH3 is 1. The van der Waals surface area contributed by atoms with Crippen LogP contribution in [0, 0.1) is 6.92 Å². The van der Waals surface area contributed by atoms with E-state index in [9.17, 15) is 13.2 Å². The number of benzene rings is 3. The normalized spacial score (nSPS) is 11.1. The summed E-state index contributed by atoms with van der Waals surface area (Å²) in [4.78, 5) is 11.2. The number of hydrogen-bond donors (Lipinski definition) is 0. The molecule has 0 unspecified atom stereocenters. The summed E-state index contributed by atoms with van der Waals surface area (Å²) in [5, 5.41) is 0. The Hall–Kier alpha value is -3.12. The molecule has 0 bridgehead atoms. The van der Waals surface area contributed by atoms with Gasteiger partial charge in [0, 0.05) is 5.56 Å². The van der Waals surface area contributed by atoms with E-state index >= 15 is 0 Å². The molecular weight excluding hydrogens is 374 g/mol. The van der Waals surface area contributed by atoms with Gasteiger partial charge in [-0.3, -0.25) is 9.10 Å². The number of aryl methyl sites for hydroxylation is 1.